The summed E-state index contributed by atoms with van der Waals surface area (Å²) in [6.07, 6.45) is 1.25. The summed E-state index contributed by atoms with van der Waals surface area (Å²) in [5.74, 6) is -0.242. The van der Waals surface area contributed by atoms with Crippen molar-refractivity contribution >= 4 is 17.3 Å². The van der Waals surface area contributed by atoms with Crippen molar-refractivity contribution in [3.05, 3.63) is 22.8 Å². The minimum absolute atomic E-state index is 0.156. The van der Waals surface area contributed by atoms with Crippen LogP contribution in [0.4, 0.5) is 0 Å². The van der Waals surface area contributed by atoms with Crippen molar-refractivity contribution in [2.24, 2.45) is 0 Å². The second kappa shape index (κ2) is 3.59. The monoisotopic (exact) mass is 210 g/mol. The number of rotatable bonds is 3. The van der Waals surface area contributed by atoms with Crippen molar-refractivity contribution in [3.63, 3.8) is 0 Å². The summed E-state index contributed by atoms with van der Waals surface area (Å²) in [6, 6.07) is 0. The van der Waals surface area contributed by atoms with Crippen molar-refractivity contribution < 1.29 is 14.3 Å². The third-order valence-electron chi connectivity index (χ3n) is 1.53. The molecule has 0 spiro atoms. The van der Waals surface area contributed by atoms with Gasteiger partial charge in [0.2, 0.25) is 5.89 Å². The Bertz CT molecular complexity index is 435. The summed E-state index contributed by atoms with van der Waals surface area (Å²) in [5, 5.41) is 10.3. The summed E-state index contributed by atoms with van der Waals surface area (Å²) < 4.78 is 5.19. The number of thiazole rings is 1. The summed E-state index contributed by atoms with van der Waals surface area (Å²) in [7, 11) is 0. The Kier molecular flexibility index (Phi) is 2.28. The van der Waals surface area contributed by atoms with Crippen molar-refractivity contribution in [2.45, 2.75) is 6.42 Å². The van der Waals surface area contributed by atoms with Gasteiger partial charge in [0.1, 0.15) is 17.9 Å². The van der Waals surface area contributed by atoms with Gasteiger partial charge in [0.15, 0.2) is 0 Å². The lowest BCUT2D eigenvalue weighted by molar-refractivity contribution is -0.136. The molecule has 0 atom stereocenters. The van der Waals surface area contributed by atoms with Gasteiger partial charge < -0.3 is 9.52 Å². The summed E-state index contributed by atoms with van der Waals surface area (Å²) in [4.78, 5) is 18.3. The van der Waals surface area contributed by atoms with Gasteiger partial charge in [0.05, 0.1) is 11.7 Å². The maximum Gasteiger partial charge on any atom is 0.311 e. The molecule has 0 radical (unpaired) electrons. The van der Waals surface area contributed by atoms with E-state index in [1.165, 1.54) is 17.5 Å². The van der Waals surface area contributed by atoms with E-state index in [1.807, 2.05) is 0 Å². The second-order valence-corrected chi connectivity index (χ2v) is 3.29. The summed E-state index contributed by atoms with van der Waals surface area (Å²) in [6.45, 7) is 0. The van der Waals surface area contributed by atoms with E-state index in [1.54, 1.807) is 10.9 Å². The first-order valence-electron chi connectivity index (χ1n) is 3.81. The van der Waals surface area contributed by atoms with Crippen LogP contribution < -0.4 is 0 Å². The highest BCUT2D eigenvalue weighted by atomic mass is 32.1. The zero-order chi connectivity index (χ0) is 9.97. The molecule has 6 heteroatoms. The maximum absolute atomic E-state index is 10.4. The normalized spacial score (nSPS) is 10.3. The number of hydrogen-bond acceptors (Lipinski definition) is 5. The van der Waals surface area contributed by atoms with Gasteiger partial charge in [0, 0.05) is 5.38 Å². The van der Waals surface area contributed by atoms with Gasteiger partial charge in [-0.05, 0) is 0 Å². The highest BCUT2D eigenvalue weighted by Gasteiger charge is 2.10. The maximum atomic E-state index is 10.4. The van der Waals surface area contributed by atoms with Gasteiger partial charge in [-0.15, -0.1) is 11.3 Å². The molecule has 0 fully saturated rings. The fourth-order valence-corrected chi connectivity index (χ4v) is 1.50. The third-order valence-corrected chi connectivity index (χ3v) is 2.12. The summed E-state index contributed by atoms with van der Waals surface area (Å²) >= 11 is 1.43. The van der Waals surface area contributed by atoms with E-state index in [9.17, 15) is 4.79 Å². The molecule has 2 rings (SSSR count). The summed E-state index contributed by atoms with van der Waals surface area (Å²) in [5.41, 5.74) is 2.29. The smallest absolute Gasteiger partial charge is 0.311 e. The Morgan fingerprint density at radius 1 is 1.57 bits per heavy atom. The van der Waals surface area contributed by atoms with Crippen molar-refractivity contribution in [3.8, 4) is 11.6 Å². The van der Waals surface area contributed by atoms with Crippen molar-refractivity contribution in [1.29, 1.82) is 0 Å². The van der Waals surface area contributed by atoms with Gasteiger partial charge in [-0.2, -0.15) is 0 Å². The Hall–Kier alpha value is -1.69. The fraction of sp³-hybridized carbons (Fsp3) is 0.125. The van der Waals surface area contributed by atoms with Crippen LogP contribution in [0.2, 0.25) is 0 Å². The first-order chi connectivity index (χ1) is 6.75. The van der Waals surface area contributed by atoms with E-state index in [4.69, 9.17) is 9.52 Å². The molecule has 0 aliphatic heterocycles. The van der Waals surface area contributed by atoms with E-state index in [2.05, 4.69) is 9.97 Å². The molecule has 0 unspecified atom stereocenters. The van der Waals surface area contributed by atoms with Gasteiger partial charge >= 0.3 is 5.97 Å². The Morgan fingerprint density at radius 3 is 3.07 bits per heavy atom. The lowest BCUT2D eigenvalue weighted by Crippen LogP contribution is -1.97. The van der Waals surface area contributed by atoms with Gasteiger partial charge in [-0.1, -0.05) is 0 Å². The number of carboxylic acid groups (broad SMARTS) is 1. The quantitative estimate of drug-likeness (QED) is 0.829. The standard InChI is InChI=1S/C8H6N2O3S/c11-7(12)1-5-2-9-8(13-5)6-3-14-4-10-6/h2-4H,1H2,(H,11,12). The van der Waals surface area contributed by atoms with Crippen molar-refractivity contribution in [1.82, 2.24) is 9.97 Å². The molecular weight excluding hydrogens is 204 g/mol. The van der Waals surface area contributed by atoms with Crippen molar-refractivity contribution in [2.75, 3.05) is 0 Å². The number of carboxylic acids is 1. The zero-order valence-electron chi connectivity index (χ0n) is 7.01. The topological polar surface area (TPSA) is 76.2 Å². The number of hydrogen-bond donors (Lipinski definition) is 1. The van der Waals surface area contributed by atoms with Crippen LogP contribution in [0.5, 0.6) is 0 Å². The number of nitrogens with zero attached hydrogens (tertiary/aromatic N) is 2. The van der Waals surface area contributed by atoms with E-state index in [0.717, 1.165) is 0 Å². The SMILES string of the molecule is O=C(O)Cc1cnc(-c2cscn2)o1. The Morgan fingerprint density at radius 2 is 2.43 bits per heavy atom. The minimum atomic E-state index is -0.939. The van der Waals surface area contributed by atoms with Crippen LogP contribution in [0.25, 0.3) is 11.6 Å². The van der Waals surface area contributed by atoms with E-state index in [-0.39, 0.29) is 6.42 Å². The minimum Gasteiger partial charge on any atom is -0.481 e. The van der Waals surface area contributed by atoms with Gasteiger partial charge in [-0.25, -0.2) is 9.97 Å². The molecule has 2 aromatic heterocycles. The molecule has 0 aliphatic rings. The van der Waals surface area contributed by atoms with E-state index in [0.29, 0.717) is 17.3 Å². The lowest BCUT2D eigenvalue weighted by atomic mass is 10.4. The van der Waals surface area contributed by atoms with Crippen LogP contribution in [0.3, 0.4) is 0 Å². The molecular formula is C8H6N2O3S. The Balaban J connectivity index is 2.22. The van der Waals surface area contributed by atoms with E-state index >= 15 is 0 Å². The number of oxazole rings is 1. The molecule has 5 nitrogen and oxygen atoms in total. The fourth-order valence-electron chi connectivity index (χ4n) is 0.975. The molecule has 0 aromatic carbocycles. The predicted octanol–water partition coefficient (Wildman–Crippen LogP) is 1.43. The van der Waals surface area contributed by atoms with E-state index < -0.39 is 5.97 Å². The first kappa shape index (κ1) is 8.89. The predicted molar refractivity (Wildman–Crippen MR) is 49.0 cm³/mol. The van der Waals surface area contributed by atoms with Crippen LogP contribution in [0, 0.1) is 0 Å². The van der Waals surface area contributed by atoms with Crippen LogP contribution >= 0.6 is 11.3 Å². The molecule has 0 saturated carbocycles. The molecule has 14 heavy (non-hydrogen) atoms. The molecule has 0 aliphatic carbocycles. The number of aromatic nitrogens is 2. The van der Waals surface area contributed by atoms with Gasteiger partial charge in [0.25, 0.3) is 0 Å². The highest BCUT2D eigenvalue weighted by molar-refractivity contribution is 7.07. The number of aliphatic carboxylic acids is 1. The molecule has 0 saturated heterocycles. The highest BCUT2D eigenvalue weighted by Crippen LogP contribution is 2.18. The third kappa shape index (κ3) is 1.80. The Labute approximate surface area is 83.0 Å². The molecule has 0 bridgehead atoms. The molecule has 72 valence electrons. The zero-order valence-corrected chi connectivity index (χ0v) is 7.82. The van der Waals surface area contributed by atoms with Crippen LogP contribution in [-0.2, 0) is 11.2 Å². The average molecular weight is 210 g/mol. The largest absolute Gasteiger partial charge is 0.481 e. The van der Waals surface area contributed by atoms with Crippen LogP contribution in [0.15, 0.2) is 21.5 Å². The second-order valence-electron chi connectivity index (χ2n) is 2.58. The lowest BCUT2D eigenvalue weighted by Gasteiger charge is -1.88. The molecule has 1 N–H and O–H groups in total. The van der Waals surface area contributed by atoms with Crippen LogP contribution in [-0.4, -0.2) is 21.0 Å². The molecule has 0 amide bonds. The average Bonchev–Trinajstić information content (AvgIpc) is 2.69. The molecule has 2 heterocycles. The number of carbonyl (C=O) groups is 1. The van der Waals surface area contributed by atoms with Gasteiger partial charge in [-0.3, -0.25) is 4.79 Å². The molecule has 2 aromatic rings. The van der Waals surface area contributed by atoms with Crippen LogP contribution in [0.1, 0.15) is 5.76 Å². The first-order valence-corrected chi connectivity index (χ1v) is 4.75.